The van der Waals surface area contributed by atoms with Crippen LogP contribution in [0.5, 0.6) is 0 Å². The van der Waals surface area contributed by atoms with Gasteiger partial charge in [0, 0.05) is 23.2 Å². The normalized spacial score (nSPS) is 17.6. The fraction of sp³-hybridized carbons (Fsp3) is 0.188. The van der Waals surface area contributed by atoms with Crippen molar-refractivity contribution < 1.29 is 13.6 Å². The molecule has 20 heavy (non-hydrogen) atoms. The van der Waals surface area contributed by atoms with E-state index in [9.17, 15) is 13.6 Å². The highest BCUT2D eigenvalue weighted by molar-refractivity contribution is 5.99. The summed E-state index contributed by atoms with van der Waals surface area (Å²) in [5, 5.41) is 2.85. The predicted molar refractivity (Wildman–Crippen MR) is 72.4 cm³/mol. The van der Waals surface area contributed by atoms with E-state index in [0.29, 0.717) is 23.1 Å². The van der Waals surface area contributed by atoms with E-state index in [1.807, 2.05) is 6.92 Å². The minimum Gasteiger partial charge on any atom is -0.349 e. The number of hydrogen-bond donors (Lipinski definition) is 1. The van der Waals surface area contributed by atoms with Gasteiger partial charge in [0.25, 0.3) is 5.91 Å². The van der Waals surface area contributed by atoms with E-state index in [-0.39, 0.29) is 11.9 Å². The Labute approximate surface area is 115 Å². The summed E-state index contributed by atoms with van der Waals surface area (Å²) < 4.78 is 27.0. The summed E-state index contributed by atoms with van der Waals surface area (Å²) in [6, 6.07) is 8.71. The van der Waals surface area contributed by atoms with Crippen LogP contribution in [0.15, 0.2) is 36.4 Å². The van der Waals surface area contributed by atoms with Crippen LogP contribution in [0.1, 0.15) is 22.8 Å². The van der Waals surface area contributed by atoms with Crippen LogP contribution in [0, 0.1) is 11.6 Å². The molecule has 1 amide bonds. The number of amides is 1. The van der Waals surface area contributed by atoms with Gasteiger partial charge in [-0.3, -0.25) is 4.79 Å². The second-order valence-corrected chi connectivity index (χ2v) is 5.03. The average molecular weight is 273 g/mol. The van der Waals surface area contributed by atoms with Crippen LogP contribution in [0.2, 0.25) is 0 Å². The third kappa shape index (κ3) is 2.07. The molecule has 1 aliphatic heterocycles. The van der Waals surface area contributed by atoms with Crippen molar-refractivity contribution in [2.75, 3.05) is 0 Å². The van der Waals surface area contributed by atoms with Gasteiger partial charge >= 0.3 is 0 Å². The molecule has 1 N–H and O–H groups in total. The summed E-state index contributed by atoms with van der Waals surface area (Å²) in [4.78, 5) is 12.0. The van der Waals surface area contributed by atoms with Crippen molar-refractivity contribution in [3.05, 3.63) is 59.2 Å². The Balaban J connectivity index is 2.20. The van der Waals surface area contributed by atoms with E-state index >= 15 is 0 Å². The van der Waals surface area contributed by atoms with Gasteiger partial charge in [0.2, 0.25) is 0 Å². The predicted octanol–water partition coefficient (Wildman–Crippen LogP) is 3.31. The molecule has 0 spiro atoms. The molecular formula is C16H13F2NO. The van der Waals surface area contributed by atoms with Crippen molar-refractivity contribution in [3.8, 4) is 11.1 Å². The zero-order chi connectivity index (χ0) is 14.3. The molecule has 4 heteroatoms. The number of halogens is 2. The quantitative estimate of drug-likeness (QED) is 0.848. The minimum atomic E-state index is -0.614. The van der Waals surface area contributed by atoms with Crippen LogP contribution in [-0.4, -0.2) is 11.9 Å². The summed E-state index contributed by atoms with van der Waals surface area (Å²) >= 11 is 0. The monoisotopic (exact) mass is 273 g/mol. The molecule has 102 valence electrons. The van der Waals surface area contributed by atoms with Crippen molar-refractivity contribution >= 4 is 5.91 Å². The lowest BCUT2D eigenvalue weighted by Crippen LogP contribution is -2.39. The molecule has 0 aromatic heterocycles. The second kappa shape index (κ2) is 4.71. The molecule has 0 fully saturated rings. The zero-order valence-electron chi connectivity index (χ0n) is 10.9. The Hall–Kier alpha value is -2.23. The van der Waals surface area contributed by atoms with Crippen LogP contribution in [0.3, 0.4) is 0 Å². The SMILES string of the molecule is CC1Cc2c(cccc2-c2ccc(F)cc2F)C(=O)N1. The highest BCUT2D eigenvalue weighted by atomic mass is 19.1. The Morgan fingerprint density at radius 2 is 1.85 bits per heavy atom. The summed E-state index contributed by atoms with van der Waals surface area (Å²) in [7, 11) is 0. The van der Waals surface area contributed by atoms with Crippen molar-refractivity contribution in [1.82, 2.24) is 5.32 Å². The molecule has 3 rings (SSSR count). The molecule has 1 atom stereocenters. The van der Waals surface area contributed by atoms with Gasteiger partial charge in [-0.15, -0.1) is 0 Å². The fourth-order valence-corrected chi connectivity index (χ4v) is 2.64. The highest BCUT2D eigenvalue weighted by Gasteiger charge is 2.24. The molecule has 2 aromatic carbocycles. The third-order valence-corrected chi connectivity index (χ3v) is 3.53. The molecule has 2 aromatic rings. The second-order valence-electron chi connectivity index (χ2n) is 5.03. The third-order valence-electron chi connectivity index (χ3n) is 3.53. The number of nitrogens with one attached hydrogen (secondary N) is 1. The minimum absolute atomic E-state index is 0.000315. The summed E-state index contributed by atoms with van der Waals surface area (Å²) in [6.07, 6.45) is 0.633. The van der Waals surface area contributed by atoms with Gasteiger partial charge in [0.1, 0.15) is 11.6 Å². The number of rotatable bonds is 1. The van der Waals surface area contributed by atoms with E-state index in [4.69, 9.17) is 0 Å². The van der Waals surface area contributed by atoms with Crippen LogP contribution in [0.4, 0.5) is 8.78 Å². The largest absolute Gasteiger partial charge is 0.349 e. The Bertz CT molecular complexity index is 697. The number of benzene rings is 2. The first kappa shape index (κ1) is 12.8. The van der Waals surface area contributed by atoms with E-state index in [2.05, 4.69) is 5.32 Å². The molecule has 1 unspecified atom stereocenters. The van der Waals surface area contributed by atoms with Crippen LogP contribution in [0.25, 0.3) is 11.1 Å². The standard InChI is InChI=1S/C16H13F2NO/c1-9-7-14-11(3-2-4-13(14)16(20)19-9)12-6-5-10(17)8-15(12)18/h2-6,8-9H,7H2,1H3,(H,19,20). The Morgan fingerprint density at radius 1 is 1.10 bits per heavy atom. The maximum atomic E-state index is 14.0. The van der Waals surface area contributed by atoms with Crippen molar-refractivity contribution in [2.24, 2.45) is 0 Å². The van der Waals surface area contributed by atoms with Gasteiger partial charge in [-0.2, -0.15) is 0 Å². The van der Waals surface area contributed by atoms with E-state index in [0.717, 1.165) is 11.6 Å². The first-order valence-corrected chi connectivity index (χ1v) is 6.44. The van der Waals surface area contributed by atoms with E-state index < -0.39 is 11.6 Å². The zero-order valence-corrected chi connectivity index (χ0v) is 10.9. The topological polar surface area (TPSA) is 29.1 Å². The molecule has 0 saturated heterocycles. The lowest BCUT2D eigenvalue weighted by atomic mass is 9.88. The number of fused-ring (bicyclic) bond motifs is 1. The number of carbonyl (C=O) groups is 1. The van der Waals surface area contributed by atoms with Crippen LogP contribution in [-0.2, 0) is 6.42 Å². The maximum absolute atomic E-state index is 14.0. The van der Waals surface area contributed by atoms with Gasteiger partial charge in [0.15, 0.2) is 0 Å². The molecular weight excluding hydrogens is 260 g/mol. The first-order valence-electron chi connectivity index (χ1n) is 6.44. The van der Waals surface area contributed by atoms with Crippen LogP contribution >= 0.6 is 0 Å². The van der Waals surface area contributed by atoms with Crippen molar-refractivity contribution in [2.45, 2.75) is 19.4 Å². The van der Waals surface area contributed by atoms with Gasteiger partial charge in [-0.25, -0.2) is 8.78 Å². The van der Waals surface area contributed by atoms with E-state index in [1.165, 1.54) is 12.1 Å². The van der Waals surface area contributed by atoms with Crippen LogP contribution < -0.4 is 5.32 Å². The van der Waals surface area contributed by atoms with Crippen molar-refractivity contribution in [3.63, 3.8) is 0 Å². The molecule has 0 aliphatic carbocycles. The molecule has 0 radical (unpaired) electrons. The summed E-state index contributed by atoms with van der Waals surface area (Å²) in [5.74, 6) is -1.37. The summed E-state index contributed by atoms with van der Waals surface area (Å²) in [5.41, 5.74) is 2.35. The van der Waals surface area contributed by atoms with E-state index in [1.54, 1.807) is 18.2 Å². The van der Waals surface area contributed by atoms with Gasteiger partial charge in [0.05, 0.1) is 0 Å². The number of carbonyl (C=O) groups excluding carboxylic acids is 1. The maximum Gasteiger partial charge on any atom is 0.251 e. The lowest BCUT2D eigenvalue weighted by molar-refractivity contribution is 0.0929. The van der Waals surface area contributed by atoms with Gasteiger partial charge in [-0.05, 0) is 42.7 Å². The van der Waals surface area contributed by atoms with Gasteiger partial charge < -0.3 is 5.32 Å². The molecule has 1 aliphatic rings. The van der Waals surface area contributed by atoms with Gasteiger partial charge in [-0.1, -0.05) is 12.1 Å². The molecule has 0 saturated carbocycles. The first-order chi connectivity index (χ1) is 9.56. The fourth-order valence-electron chi connectivity index (χ4n) is 2.64. The Kier molecular flexibility index (Phi) is 3.01. The summed E-state index contributed by atoms with van der Waals surface area (Å²) in [6.45, 7) is 1.90. The highest BCUT2D eigenvalue weighted by Crippen LogP contribution is 2.31. The molecule has 2 nitrogen and oxygen atoms in total. The van der Waals surface area contributed by atoms with Crippen molar-refractivity contribution in [1.29, 1.82) is 0 Å². The molecule has 1 heterocycles. The average Bonchev–Trinajstić information content (AvgIpc) is 2.38. The number of hydrogen-bond acceptors (Lipinski definition) is 1. The molecule has 0 bridgehead atoms. The Morgan fingerprint density at radius 3 is 2.60 bits per heavy atom. The smallest absolute Gasteiger partial charge is 0.251 e. The lowest BCUT2D eigenvalue weighted by Gasteiger charge is -2.25.